The molecule has 0 aliphatic heterocycles. The zero-order chi connectivity index (χ0) is 5.91. The maximum absolute atomic E-state index is 9.34. The van der Waals surface area contributed by atoms with E-state index in [-0.39, 0.29) is 62.7 Å². The van der Waals surface area contributed by atoms with Gasteiger partial charge < -0.3 is 13.8 Å². The van der Waals surface area contributed by atoms with Gasteiger partial charge in [0.05, 0.1) is 0 Å². The summed E-state index contributed by atoms with van der Waals surface area (Å²) >= 11 is 0. The summed E-state index contributed by atoms with van der Waals surface area (Å²) in [6, 6.07) is 0. The van der Waals surface area contributed by atoms with Gasteiger partial charge in [0.25, 0.3) is 0 Å². The van der Waals surface area contributed by atoms with Crippen molar-refractivity contribution in [2.75, 3.05) is 0 Å². The third-order valence-electron chi connectivity index (χ3n) is 0.143. The molecule has 0 aliphatic rings. The maximum Gasteiger partial charge on any atom is 2.00 e. The van der Waals surface area contributed by atoms with Crippen molar-refractivity contribution in [3.63, 3.8) is 0 Å². The van der Waals surface area contributed by atoms with Gasteiger partial charge >= 0.3 is 65.5 Å². The van der Waals surface area contributed by atoms with E-state index in [1.54, 1.807) is 0 Å². The molecule has 0 atom stereocenters. The van der Waals surface area contributed by atoms with Gasteiger partial charge in [-0.1, -0.05) is 0 Å². The predicted molar refractivity (Wildman–Crippen MR) is 33.5 cm³/mol. The van der Waals surface area contributed by atoms with Crippen LogP contribution in [0.5, 0.6) is 0 Å². The van der Waals surface area contributed by atoms with E-state index in [2.05, 4.69) is 4.18 Å². The van der Waals surface area contributed by atoms with E-state index in [9.17, 15) is 8.42 Å². The quantitative estimate of drug-likeness (QED) is 0.322. The summed E-state index contributed by atoms with van der Waals surface area (Å²) in [7, 11) is -4.54. The van der Waals surface area contributed by atoms with Crippen molar-refractivity contribution in [1.82, 2.24) is 0 Å². The molecule has 0 unspecified atom stereocenters. The second-order valence-electron chi connectivity index (χ2n) is 0.602. The number of hydrogen-bond acceptors (Lipinski definition) is 4. The summed E-state index contributed by atoms with van der Waals surface area (Å²) in [5.74, 6) is 0. The van der Waals surface area contributed by atoms with E-state index in [4.69, 9.17) is 9.81 Å². The summed E-state index contributed by atoms with van der Waals surface area (Å²) in [6.07, 6.45) is 0.770. The maximum atomic E-state index is 9.34. The van der Waals surface area contributed by atoms with Crippen LogP contribution >= 0.6 is 0 Å². The number of rotatable bonds is 1. The van der Waals surface area contributed by atoms with Crippen LogP contribution in [-0.2, 0) is 14.6 Å². The van der Waals surface area contributed by atoms with Crippen molar-refractivity contribution in [2.24, 2.45) is 0 Å². The Morgan fingerprint density at radius 2 is 1.80 bits per heavy atom. The number of nitriles is 1. The predicted octanol–water partition coefficient (Wildman–Crippen LogP) is -2.52. The summed E-state index contributed by atoms with van der Waals surface area (Å²) in [6.45, 7) is 0. The normalized spacial score (nSPS) is 6.80. The van der Waals surface area contributed by atoms with E-state index in [0.29, 0.717) is 0 Å². The average Bonchev–Trinajstić information content (AvgIpc) is 1.30. The van der Waals surface area contributed by atoms with Crippen LogP contribution in [0.25, 0.3) is 0 Å². The number of nitrogens with zero attached hydrogens (tertiary/aromatic N) is 1. The molecule has 5 N–H and O–H groups in total. The molecule has 60 valence electrons. The molecule has 7 nitrogen and oxygen atoms in total. The van der Waals surface area contributed by atoms with Gasteiger partial charge in [0.15, 0.2) is 0 Å². The van der Waals surface area contributed by atoms with Crippen molar-refractivity contribution in [3.05, 3.63) is 0 Å². The van der Waals surface area contributed by atoms with Crippen LogP contribution in [0.4, 0.5) is 0 Å². The molecule has 0 aromatic heterocycles. The zero-order valence-corrected chi connectivity index (χ0v) is 9.99. The van der Waals surface area contributed by atoms with Crippen molar-refractivity contribution < 1.29 is 31.0 Å². The van der Waals surface area contributed by atoms with E-state index in [1.807, 2.05) is 0 Å². The molecule has 0 radical (unpaired) electrons. The first-order chi connectivity index (χ1) is 3.06. The minimum Gasteiger partial charge on any atom is -1.00 e. The van der Waals surface area contributed by atoms with Gasteiger partial charge in [0.1, 0.15) is 0 Å². The van der Waals surface area contributed by atoms with Crippen LogP contribution in [0, 0.1) is 11.5 Å². The van der Waals surface area contributed by atoms with Crippen LogP contribution < -0.4 is 0 Å². The fourth-order valence-corrected chi connectivity index (χ4v) is 0.141. The Bertz CT molecular complexity index is 186. The zero-order valence-electron chi connectivity index (χ0n) is 6.73. The molecule has 0 aliphatic carbocycles. The average molecular weight is 298 g/mol. The van der Waals surface area contributed by atoms with Crippen LogP contribution in [0.1, 0.15) is 2.85 Å². The molecular weight excluding hydrogens is 291 g/mol. The molecule has 0 aromatic carbocycles. The molecule has 0 spiro atoms. The van der Waals surface area contributed by atoms with Crippen molar-refractivity contribution in [3.8, 4) is 6.26 Å². The van der Waals surface area contributed by atoms with E-state index >= 15 is 0 Å². The van der Waals surface area contributed by atoms with E-state index < -0.39 is 10.4 Å². The monoisotopic (exact) mass is 299 g/mol. The molecule has 0 saturated heterocycles. The molecule has 0 heterocycles. The second kappa shape index (κ2) is 9.69. The minimum atomic E-state index is -4.54. The molecule has 9 heteroatoms. The fraction of sp³-hybridized carbons (Fsp3) is 0. The molecule has 0 saturated carbocycles. The SMILES string of the molecule is N#COS(=O)(=O)O.O.O.[Ba+2].[H-].[H-]. The van der Waals surface area contributed by atoms with Crippen molar-refractivity contribution in [2.45, 2.75) is 0 Å². The summed E-state index contributed by atoms with van der Waals surface area (Å²) < 4.78 is 29.3. The first-order valence-electron chi connectivity index (χ1n) is 1.11. The minimum absolute atomic E-state index is 0. The third-order valence-corrected chi connectivity index (χ3v) is 0.428. The molecule has 0 fully saturated rings. The van der Waals surface area contributed by atoms with Gasteiger partial charge in [-0.2, -0.15) is 8.42 Å². The summed E-state index contributed by atoms with van der Waals surface area (Å²) in [5, 5.41) is 7.39. The first-order valence-corrected chi connectivity index (χ1v) is 2.48. The van der Waals surface area contributed by atoms with Crippen LogP contribution in [0.15, 0.2) is 0 Å². The Kier molecular flexibility index (Phi) is 21.7. The Hall–Kier alpha value is 0.691. The van der Waals surface area contributed by atoms with Crippen molar-refractivity contribution in [1.29, 1.82) is 5.26 Å². The smallest absolute Gasteiger partial charge is 1.00 e. The van der Waals surface area contributed by atoms with Gasteiger partial charge in [0.2, 0.25) is 0 Å². The van der Waals surface area contributed by atoms with Gasteiger partial charge in [-0.3, -0.25) is 8.74 Å². The standard InChI is InChI=1S/CHNO4S.Ba.2H2O.2H/c2-1-6-7(3,4)5;;;;;/h(H,3,4,5);;2*1H2;;/q;+2;;;2*-1. The van der Waals surface area contributed by atoms with Gasteiger partial charge in [-0.15, -0.1) is 5.26 Å². The second-order valence-corrected chi connectivity index (χ2v) is 1.62. The molecular formula is CH7BaNO6S. The first kappa shape index (κ1) is 22.4. The molecule has 0 aromatic rings. The topological polar surface area (TPSA) is 150 Å². The molecule has 0 amide bonds. The molecule has 0 bridgehead atoms. The van der Waals surface area contributed by atoms with Gasteiger partial charge in [-0.25, -0.2) is 0 Å². The fourth-order valence-electron chi connectivity index (χ4n) is 0.0471. The van der Waals surface area contributed by atoms with Crippen LogP contribution in [-0.4, -0.2) is 72.8 Å². The molecule has 10 heavy (non-hydrogen) atoms. The van der Waals surface area contributed by atoms with Gasteiger partial charge in [0, 0.05) is 0 Å². The largest absolute Gasteiger partial charge is 2.00 e. The van der Waals surface area contributed by atoms with E-state index in [1.165, 1.54) is 0 Å². The molecule has 0 rings (SSSR count). The van der Waals surface area contributed by atoms with Crippen LogP contribution in [0.3, 0.4) is 0 Å². The van der Waals surface area contributed by atoms with Gasteiger partial charge in [-0.05, 0) is 0 Å². The van der Waals surface area contributed by atoms with Crippen molar-refractivity contribution >= 4 is 59.3 Å². The number of hydrogen-bond donors (Lipinski definition) is 1. The third kappa shape index (κ3) is 23.4. The summed E-state index contributed by atoms with van der Waals surface area (Å²) in [4.78, 5) is 0. The summed E-state index contributed by atoms with van der Waals surface area (Å²) in [5.41, 5.74) is 0. The van der Waals surface area contributed by atoms with E-state index in [0.717, 1.165) is 6.26 Å². The van der Waals surface area contributed by atoms with Crippen LogP contribution in [0.2, 0.25) is 0 Å². The Labute approximate surface area is 101 Å². The Balaban J connectivity index is -0.0000000180. The Morgan fingerprint density at radius 3 is 1.80 bits per heavy atom. The Morgan fingerprint density at radius 1 is 1.50 bits per heavy atom.